The predicted molar refractivity (Wildman–Crippen MR) is 118 cm³/mol. The third kappa shape index (κ3) is 3.57. The van der Waals surface area contributed by atoms with Crippen LogP contribution >= 0.6 is 0 Å². The summed E-state index contributed by atoms with van der Waals surface area (Å²) in [6.45, 7) is 6.23. The van der Waals surface area contributed by atoms with E-state index in [1.807, 2.05) is 24.3 Å². The number of aryl methyl sites for hydroxylation is 1. The molecule has 1 saturated heterocycles. The Morgan fingerprint density at radius 1 is 1.20 bits per heavy atom. The summed E-state index contributed by atoms with van der Waals surface area (Å²) in [5.41, 5.74) is 2.99. The van der Waals surface area contributed by atoms with Gasteiger partial charge in [-0.1, -0.05) is 6.92 Å². The molecule has 1 saturated carbocycles. The molecule has 1 atom stereocenters. The Morgan fingerprint density at radius 3 is 2.83 bits per heavy atom. The zero-order valence-electron chi connectivity index (χ0n) is 17.9. The lowest BCUT2D eigenvalue weighted by Crippen LogP contribution is -2.33. The Balaban J connectivity index is 1.55. The zero-order chi connectivity index (χ0) is 20.9. The van der Waals surface area contributed by atoms with Crippen molar-refractivity contribution >= 4 is 16.6 Å². The first-order valence-corrected chi connectivity index (χ1v) is 10.9. The Kier molecular flexibility index (Phi) is 4.56. The molecule has 0 bridgehead atoms. The topological polar surface area (TPSA) is 76.0 Å². The first-order chi connectivity index (χ1) is 14.4. The van der Waals surface area contributed by atoms with E-state index < -0.39 is 0 Å². The fraction of sp³-hybridized carbons (Fsp3) is 0.522. The van der Waals surface area contributed by atoms with Crippen molar-refractivity contribution in [2.45, 2.75) is 51.6 Å². The highest BCUT2D eigenvalue weighted by Crippen LogP contribution is 2.40. The van der Waals surface area contributed by atoms with Gasteiger partial charge in [-0.15, -0.1) is 0 Å². The van der Waals surface area contributed by atoms with Crippen molar-refractivity contribution in [2.75, 3.05) is 18.0 Å². The van der Waals surface area contributed by atoms with E-state index in [-0.39, 0.29) is 11.2 Å². The fourth-order valence-electron chi connectivity index (χ4n) is 4.25. The molecule has 3 aromatic rings. The predicted octanol–water partition coefficient (Wildman–Crippen LogP) is 3.88. The zero-order valence-corrected chi connectivity index (χ0v) is 17.9. The van der Waals surface area contributed by atoms with Crippen molar-refractivity contribution in [1.29, 1.82) is 0 Å². The number of hydrogen-bond acceptors (Lipinski definition) is 5. The van der Waals surface area contributed by atoms with Gasteiger partial charge in [-0.05, 0) is 69.2 Å². The average molecular weight is 408 g/mol. The van der Waals surface area contributed by atoms with Gasteiger partial charge < -0.3 is 9.64 Å². The number of ether oxygens (including phenoxy) is 1. The van der Waals surface area contributed by atoms with Gasteiger partial charge in [-0.25, -0.2) is 4.68 Å². The lowest BCUT2D eigenvalue weighted by atomic mass is 10.0. The third-order valence-corrected chi connectivity index (χ3v) is 6.50. The molecular formula is C23H29N5O2. The van der Waals surface area contributed by atoms with E-state index in [0.717, 1.165) is 61.1 Å². The van der Waals surface area contributed by atoms with E-state index in [1.54, 1.807) is 7.05 Å². The second kappa shape index (κ2) is 7.15. The minimum Gasteiger partial charge on any atom is -0.488 e. The van der Waals surface area contributed by atoms with E-state index in [4.69, 9.17) is 4.74 Å². The summed E-state index contributed by atoms with van der Waals surface area (Å²) in [6.07, 6.45) is 5.59. The van der Waals surface area contributed by atoms with Crippen LogP contribution in [0.2, 0.25) is 0 Å². The van der Waals surface area contributed by atoms with Crippen molar-refractivity contribution in [3.63, 3.8) is 0 Å². The molecule has 5 rings (SSSR count). The summed E-state index contributed by atoms with van der Waals surface area (Å²) in [5.74, 6) is 1.54. The average Bonchev–Trinajstić information content (AvgIpc) is 3.36. The van der Waals surface area contributed by atoms with Crippen molar-refractivity contribution in [2.24, 2.45) is 13.0 Å². The lowest BCUT2D eigenvalue weighted by Gasteiger charge is -2.22. The SMILES string of the molecule is CC1CCCN(c2cc(-c3n[nH]c4ccc(OC5(C)CC5)cc34)nn(C)c2=O)CC1. The van der Waals surface area contributed by atoms with Gasteiger partial charge in [0, 0.05) is 25.5 Å². The minimum absolute atomic E-state index is 0.0381. The Labute approximate surface area is 176 Å². The molecule has 0 spiro atoms. The molecule has 2 fully saturated rings. The van der Waals surface area contributed by atoms with Crippen molar-refractivity contribution in [3.8, 4) is 17.1 Å². The summed E-state index contributed by atoms with van der Waals surface area (Å²) in [6, 6.07) is 7.90. The summed E-state index contributed by atoms with van der Waals surface area (Å²) in [7, 11) is 1.72. The molecule has 2 aromatic heterocycles. The summed E-state index contributed by atoms with van der Waals surface area (Å²) >= 11 is 0. The van der Waals surface area contributed by atoms with Gasteiger partial charge in [-0.3, -0.25) is 9.89 Å². The summed E-state index contributed by atoms with van der Waals surface area (Å²) in [5, 5.41) is 13.1. The number of anilines is 1. The maximum Gasteiger partial charge on any atom is 0.290 e. The van der Waals surface area contributed by atoms with E-state index in [9.17, 15) is 4.79 Å². The fourth-order valence-corrected chi connectivity index (χ4v) is 4.25. The number of hydrogen-bond donors (Lipinski definition) is 1. The Hall–Kier alpha value is -2.83. The molecule has 3 heterocycles. The van der Waals surface area contributed by atoms with Gasteiger partial charge in [0.1, 0.15) is 28.4 Å². The number of nitrogens with zero attached hydrogens (tertiary/aromatic N) is 4. The molecule has 1 aromatic carbocycles. The van der Waals surface area contributed by atoms with Crippen LogP contribution in [-0.4, -0.2) is 38.7 Å². The van der Waals surface area contributed by atoms with Gasteiger partial charge in [0.25, 0.3) is 5.56 Å². The largest absolute Gasteiger partial charge is 0.488 e. The monoisotopic (exact) mass is 407 g/mol. The van der Waals surface area contributed by atoms with Crippen molar-refractivity contribution in [3.05, 3.63) is 34.6 Å². The van der Waals surface area contributed by atoms with Crippen LogP contribution in [0, 0.1) is 5.92 Å². The van der Waals surface area contributed by atoms with Crippen LogP contribution in [0.4, 0.5) is 5.69 Å². The van der Waals surface area contributed by atoms with Crippen molar-refractivity contribution < 1.29 is 4.74 Å². The normalized spacial score (nSPS) is 20.9. The molecule has 158 valence electrons. The first-order valence-electron chi connectivity index (χ1n) is 10.9. The maximum atomic E-state index is 12.9. The standard InChI is InChI=1S/C23H29N5O2/c1-15-5-4-11-28(12-8-15)20-14-19(26-27(3)22(20)29)21-17-13-16(30-23(2)9-10-23)6-7-18(17)24-25-21/h6-7,13-15H,4-5,8-12H2,1-3H3,(H,24,25). The molecular weight excluding hydrogens is 378 g/mol. The quantitative estimate of drug-likeness (QED) is 0.710. The maximum absolute atomic E-state index is 12.9. The van der Waals surface area contributed by atoms with Gasteiger partial charge in [0.2, 0.25) is 0 Å². The van der Waals surface area contributed by atoms with Crippen LogP contribution < -0.4 is 15.2 Å². The van der Waals surface area contributed by atoms with Gasteiger partial charge in [0.05, 0.1) is 5.52 Å². The number of nitrogens with one attached hydrogen (secondary N) is 1. The molecule has 1 N–H and O–H groups in total. The van der Waals surface area contributed by atoms with Crippen LogP contribution in [0.3, 0.4) is 0 Å². The van der Waals surface area contributed by atoms with E-state index >= 15 is 0 Å². The third-order valence-electron chi connectivity index (χ3n) is 6.50. The van der Waals surface area contributed by atoms with Crippen LogP contribution in [0.25, 0.3) is 22.3 Å². The summed E-state index contributed by atoms with van der Waals surface area (Å²) < 4.78 is 7.58. The van der Waals surface area contributed by atoms with E-state index in [1.165, 1.54) is 11.1 Å². The Morgan fingerprint density at radius 2 is 2.03 bits per heavy atom. The molecule has 0 radical (unpaired) electrons. The number of benzene rings is 1. The molecule has 7 heteroatoms. The van der Waals surface area contributed by atoms with Crippen molar-refractivity contribution in [1.82, 2.24) is 20.0 Å². The summed E-state index contributed by atoms with van der Waals surface area (Å²) in [4.78, 5) is 15.1. The molecule has 7 nitrogen and oxygen atoms in total. The van der Waals surface area contributed by atoms with E-state index in [0.29, 0.717) is 17.3 Å². The lowest BCUT2D eigenvalue weighted by molar-refractivity contribution is 0.200. The van der Waals surface area contributed by atoms with Crippen LogP contribution in [0.5, 0.6) is 5.75 Å². The molecule has 1 aliphatic heterocycles. The molecule has 30 heavy (non-hydrogen) atoms. The van der Waals surface area contributed by atoms with Gasteiger partial charge >= 0.3 is 0 Å². The van der Waals surface area contributed by atoms with Crippen LogP contribution in [0.15, 0.2) is 29.1 Å². The highest BCUT2D eigenvalue weighted by atomic mass is 16.5. The number of fused-ring (bicyclic) bond motifs is 1. The molecule has 1 aliphatic carbocycles. The second-order valence-corrected chi connectivity index (χ2v) is 9.20. The highest BCUT2D eigenvalue weighted by Gasteiger charge is 2.40. The number of rotatable bonds is 4. The Bertz CT molecular complexity index is 1140. The molecule has 2 aliphatic rings. The number of H-pyrrole nitrogens is 1. The first kappa shape index (κ1) is 19.2. The number of aromatic amines is 1. The van der Waals surface area contributed by atoms with E-state index in [2.05, 4.69) is 34.0 Å². The second-order valence-electron chi connectivity index (χ2n) is 9.20. The minimum atomic E-state index is -0.0566. The smallest absolute Gasteiger partial charge is 0.290 e. The van der Waals surface area contributed by atoms with Gasteiger partial charge in [-0.2, -0.15) is 10.2 Å². The van der Waals surface area contributed by atoms with Crippen LogP contribution in [-0.2, 0) is 7.05 Å². The number of aromatic nitrogens is 4. The van der Waals surface area contributed by atoms with Crippen LogP contribution in [0.1, 0.15) is 46.0 Å². The van der Waals surface area contributed by atoms with Gasteiger partial charge in [0.15, 0.2) is 0 Å². The molecule has 0 amide bonds. The highest BCUT2D eigenvalue weighted by molar-refractivity contribution is 5.93. The molecule has 1 unspecified atom stereocenters.